The molecule has 1 atom stereocenters. The van der Waals surface area contributed by atoms with Crippen LogP contribution in [0.3, 0.4) is 0 Å². The maximum absolute atomic E-state index is 12.9. The number of benzene rings is 1. The van der Waals surface area contributed by atoms with Gasteiger partial charge < -0.3 is 24.4 Å². The number of para-hydroxylation sites is 1. The average Bonchev–Trinajstić information content (AvgIpc) is 2.95. The van der Waals surface area contributed by atoms with Gasteiger partial charge in [0.15, 0.2) is 23.1 Å². The topological polar surface area (TPSA) is 90.0 Å². The lowest BCUT2D eigenvalue weighted by Gasteiger charge is -2.26. The van der Waals surface area contributed by atoms with Crippen LogP contribution in [0.25, 0.3) is 6.08 Å². The molecule has 1 N–H and O–H groups in total. The number of likely N-dealkylation sites (N-methyl/N-ethyl adjacent to an activating group) is 1. The highest BCUT2D eigenvalue weighted by atomic mass is 16.5. The van der Waals surface area contributed by atoms with E-state index in [-0.39, 0.29) is 24.5 Å². The van der Waals surface area contributed by atoms with Gasteiger partial charge in [0, 0.05) is 24.9 Å². The summed E-state index contributed by atoms with van der Waals surface area (Å²) in [7, 11) is 3.35. The number of carbonyl (C=O) groups excluding carboxylic acids is 2. The van der Waals surface area contributed by atoms with Crippen molar-refractivity contribution in [3.8, 4) is 17.2 Å². The molecule has 0 bridgehead atoms. The van der Waals surface area contributed by atoms with Crippen molar-refractivity contribution < 1.29 is 23.8 Å². The van der Waals surface area contributed by atoms with Gasteiger partial charge in [-0.05, 0) is 51.0 Å². The second-order valence-corrected chi connectivity index (χ2v) is 8.93. The first-order valence-electron chi connectivity index (χ1n) is 11.4. The normalized spacial score (nSPS) is 15.5. The molecule has 1 aromatic carbocycles. The number of anilines is 1. The molecule has 8 heteroatoms. The van der Waals surface area contributed by atoms with E-state index in [1.807, 2.05) is 45.9 Å². The fourth-order valence-electron chi connectivity index (χ4n) is 3.42. The van der Waals surface area contributed by atoms with Crippen LogP contribution in [0.5, 0.6) is 17.2 Å². The van der Waals surface area contributed by atoms with Gasteiger partial charge in [0.05, 0.1) is 25.2 Å². The van der Waals surface area contributed by atoms with Gasteiger partial charge in [-0.2, -0.15) is 0 Å². The molecule has 2 heterocycles. The van der Waals surface area contributed by atoms with Crippen LogP contribution in [0.15, 0.2) is 36.5 Å². The van der Waals surface area contributed by atoms with Crippen LogP contribution in [0.2, 0.25) is 0 Å². The number of aromatic nitrogens is 1. The summed E-state index contributed by atoms with van der Waals surface area (Å²) in [5, 5.41) is 2.79. The standard InChI is InChI=1S/C26H33N3O5/c1-7-13-33-23-19(9-8-10-20(23)32-6)17(2)29(5)22(30)12-11-18-14-21-24(27-15-18)28-25(31)26(3,4)16-34-21/h8-12,14-15,17H,7,13,16H2,1-6H3,(H,27,28,31)/b12-11+. The Morgan fingerprint density at radius 1 is 1.38 bits per heavy atom. The Morgan fingerprint density at radius 3 is 2.85 bits per heavy atom. The van der Waals surface area contributed by atoms with Gasteiger partial charge in [0.25, 0.3) is 0 Å². The van der Waals surface area contributed by atoms with E-state index in [4.69, 9.17) is 14.2 Å². The highest BCUT2D eigenvalue weighted by Crippen LogP contribution is 2.37. The molecule has 2 amide bonds. The van der Waals surface area contributed by atoms with Gasteiger partial charge >= 0.3 is 0 Å². The van der Waals surface area contributed by atoms with E-state index in [2.05, 4.69) is 10.3 Å². The molecule has 3 rings (SSSR count). The van der Waals surface area contributed by atoms with Crippen LogP contribution >= 0.6 is 0 Å². The van der Waals surface area contributed by atoms with Crippen LogP contribution in [0.4, 0.5) is 5.82 Å². The summed E-state index contributed by atoms with van der Waals surface area (Å²) in [5.74, 6) is 1.82. The fourth-order valence-corrected chi connectivity index (χ4v) is 3.42. The third kappa shape index (κ3) is 5.50. The number of hydrogen-bond donors (Lipinski definition) is 1. The molecule has 0 saturated heterocycles. The lowest BCUT2D eigenvalue weighted by Crippen LogP contribution is -2.33. The summed E-state index contributed by atoms with van der Waals surface area (Å²) in [6.45, 7) is 8.40. The Balaban J connectivity index is 1.76. The molecule has 0 saturated carbocycles. The van der Waals surface area contributed by atoms with E-state index in [1.54, 1.807) is 37.4 Å². The van der Waals surface area contributed by atoms with E-state index >= 15 is 0 Å². The lowest BCUT2D eigenvalue weighted by molar-refractivity contribution is -0.126. The monoisotopic (exact) mass is 467 g/mol. The number of amides is 2. The lowest BCUT2D eigenvalue weighted by atomic mass is 9.94. The minimum absolute atomic E-state index is 0.146. The first-order chi connectivity index (χ1) is 16.2. The van der Waals surface area contributed by atoms with Gasteiger partial charge in [0.1, 0.15) is 6.61 Å². The number of methoxy groups -OCH3 is 1. The van der Waals surface area contributed by atoms with Gasteiger partial charge in [-0.25, -0.2) is 4.98 Å². The van der Waals surface area contributed by atoms with Crippen molar-refractivity contribution in [1.82, 2.24) is 9.88 Å². The molecule has 1 aliphatic heterocycles. The van der Waals surface area contributed by atoms with Gasteiger partial charge in [0.2, 0.25) is 11.8 Å². The second-order valence-electron chi connectivity index (χ2n) is 8.93. The number of nitrogens with zero attached hydrogens (tertiary/aromatic N) is 2. The largest absolute Gasteiger partial charge is 0.493 e. The van der Waals surface area contributed by atoms with Crippen LogP contribution < -0.4 is 19.5 Å². The zero-order valence-electron chi connectivity index (χ0n) is 20.7. The minimum Gasteiger partial charge on any atom is -0.493 e. The molecule has 0 aliphatic carbocycles. The Hall–Kier alpha value is -3.55. The molecule has 182 valence electrons. The van der Waals surface area contributed by atoms with Crippen LogP contribution in [-0.4, -0.2) is 49.1 Å². The van der Waals surface area contributed by atoms with E-state index in [0.717, 1.165) is 12.0 Å². The molecular formula is C26H33N3O5. The fraction of sp³-hybridized carbons (Fsp3) is 0.423. The molecule has 0 spiro atoms. The predicted octanol–water partition coefficient (Wildman–Crippen LogP) is 4.47. The van der Waals surface area contributed by atoms with Crippen molar-refractivity contribution in [3.05, 3.63) is 47.7 Å². The number of nitrogens with one attached hydrogen (secondary N) is 1. The minimum atomic E-state index is -0.661. The summed E-state index contributed by atoms with van der Waals surface area (Å²) in [6.07, 6.45) is 5.63. The molecule has 1 aromatic heterocycles. The molecule has 34 heavy (non-hydrogen) atoms. The average molecular weight is 468 g/mol. The highest BCUT2D eigenvalue weighted by molar-refractivity contribution is 5.96. The Kier molecular flexibility index (Phi) is 7.81. The number of ether oxygens (including phenoxy) is 3. The Morgan fingerprint density at radius 2 is 2.15 bits per heavy atom. The Bertz CT molecular complexity index is 1080. The van der Waals surface area contributed by atoms with Crippen molar-refractivity contribution in [2.75, 3.05) is 32.7 Å². The second kappa shape index (κ2) is 10.6. The van der Waals surface area contributed by atoms with E-state index in [9.17, 15) is 9.59 Å². The smallest absolute Gasteiger partial charge is 0.246 e. The third-order valence-electron chi connectivity index (χ3n) is 5.79. The summed E-state index contributed by atoms with van der Waals surface area (Å²) >= 11 is 0. The highest BCUT2D eigenvalue weighted by Gasteiger charge is 2.33. The van der Waals surface area contributed by atoms with Gasteiger partial charge in [-0.15, -0.1) is 0 Å². The zero-order chi connectivity index (χ0) is 24.9. The maximum atomic E-state index is 12.9. The quantitative estimate of drug-likeness (QED) is 0.576. The molecule has 0 fully saturated rings. The molecule has 1 unspecified atom stereocenters. The maximum Gasteiger partial charge on any atom is 0.246 e. The van der Waals surface area contributed by atoms with Crippen molar-refractivity contribution in [2.45, 2.75) is 40.2 Å². The first-order valence-corrected chi connectivity index (χ1v) is 11.4. The molecule has 1 aliphatic rings. The van der Waals surface area contributed by atoms with Gasteiger partial charge in [-0.3, -0.25) is 9.59 Å². The van der Waals surface area contributed by atoms with Crippen LogP contribution in [-0.2, 0) is 9.59 Å². The molecule has 2 aromatic rings. The summed E-state index contributed by atoms with van der Waals surface area (Å²) in [4.78, 5) is 31.1. The summed E-state index contributed by atoms with van der Waals surface area (Å²) < 4.78 is 17.2. The van der Waals surface area contributed by atoms with E-state index in [1.165, 1.54) is 6.08 Å². The van der Waals surface area contributed by atoms with Gasteiger partial charge in [-0.1, -0.05) is 19.1 Å². The summed E-state index contributed by atoms with van der Waals surface area (Å²) in [6, 6.07) is 7.19. The van der Waals surface area contributed by atoms with Crippen molar-refractivity contribution in [2.24, 2.45) is 5.41 Å². The third-order valence-corrected chi connectivity index (χ3v) is 5.79. The molecule has 0 radical (unpaired) electrons. The van der Waals surface area contributed by atoms with E-state index in [0.29, 0.717) is 35.2 Å². The van der Waals surface area contributed by atoms with Crippen molar-refractivity contribution in [1.29, 1.82) is 0 Å². The summed E-state index contributed by atoms with van der Waals surface area (Å²) in [5.41, 5.74) is 0.900. The predicted molar refractivity (Wildman–Crippen MR) is 131 cm³/mol. The van der Waals surface area contributed by atoms with Crippen LogP contribution in [0, 0.1) is 5.41 Å². The van der Waals surface area contributed by atoms with Crippen molar-refractivity contribution in [3.63, 3.8) is 0 Å². The number of hydrogen-bond acceptors (Lipinski definition) is 6. The number of carbonyl (C=O) groups is 2. The molecular weight excluding hydrogens is 434 g/mol. The molecule has 8 nitrogen and oxygen atoms in total. The first kappa shape index (κ1) is 25.1. The number of rotatable bonds is 8. The zero-order valence-corrected chi connectivity index (χ0v) is 20.7. The van der Waals surface area contributed by atoms with E-state index < -0.39 is 5.41 Å². The number of pyridine rings is 1. The SMILES string of the molecule is CCCOc1c(OC)cccc1C(C)N(C)C(=O)/C=C/c1cnc2c(c1)OCC(C)(C)C(=O)N2. The number of fused-ring (bicyclic) bond motifs is 1. The Labute approximate surface area is 200 Å². The van der Waals surface area contributed by atoms with Crippen LogP contribution in [0.1, 0.15) is 51.3 Å². The van der Waals surface area contributed by atoms with Crippen molar-refractivity contribution >= 4 is 23.7 Å².